The van der Waals surface area contributed by atoms with Crippen molar-refractivity contribution in [3.8, 4) is 0 Å². The monoisotopic (exact) mass is 404 g/mol. The third-order valence-corrected chi connectivity index (χ3v) is 6.44. The molecule has 3 rings (SSSR count). The Balaban J connectivity index is 1.71. The van der Waals surface area contributed by atoms with E-state index in [1.54, 1.807) is 0 Å². The van der Waals surface area contributed by atoms with Crippen LogP contribution in [0, 0.1) is 10.1 Å². The van der Waals surface area contributed by atoms with E-state index in [0.29, 0.717) is 31.9 Å². The van der Waals surface area contributed by atoms with Crippen molar-refractivity contribution in [1.82, 2.24) is 9.21 Å². The zero-order valence-electron chi connectivity index (χ0n) is 15.2. The molecule has 0 aromatic heterocycles. The molecule has 1 saturated heterocycles. The van der Waals surface area contributed by atoms with Crippen LogP contribution in [0.3, 0.4) is 0 Å². The average Bonchev–Trinajstić information content (AvgIpc) is 2.69. The molecular formula is C18H20N4O5S. The number of nitro benzene ring substituents is 1. The second-order valence-corrected chi connectivity index (χ2v) is 8.43. The van der Waals surface area contributed by atoms with Crippen molar-refractivity contribution in [2.24, 2.45) is 0 Å². The minimum absolute atomic E-state index is 0.142. The SMILES string of the molecule is CN1CCN(S(=O)(=O)c2ccc(NC(=O)c3cccc([N+](=O)[O-])c3)cc2)CC1. The van der Waals surface area contributed by atoms with E-state index in [2.05, 4.69) is 10.2 Å². The van der Waals surface area contributed by atoms with Gasteiger partial charge in [-0.15, -0.1) is 0 Å². The minimum Gasteiger partial charge on any atom is -0.322 e. The maximum Gasteiger partial charge on any atom is 0.270 e. The fourth-order valence-electron chi connectivity index (χ4n) is 2.85. The summed E-state index contributed by atoms with van der Waals surface area (Å²) in [5, 5.41) is 13.4. The van der Waals surface area contributed by atoms with Gasteiger partial charge >= 0.3 is 0 Å². The van der Waals surface area contributed by atoms with E-state index in [0.717, 1.165) is 0 Å². The van der Waals surface area contributed by atoms with Crippen LogP contribution >= 0.6 is 0 Å². The molecule has 0 saturated carbocycles. The molecule has 0 atom stereocenters. The second-order valence-electron chi connectivity index (χ2n) is 6.49. The molecule has 10 heteroatoms. The highest BCUT2D eigenvalue weighted by Crippen LogP contribution is 2.20. The number of benzene rings is 2. The Bertz CT molecular complexity index is 983. The maximum atomic E-state index is 12.7. The number of nitro groups is 1. The van der Waals surface area contributed by atoms with Gasteiger partial charge < -0.3 is 10.2 Å². The van der Waals surface area contributed by atoms with Gasteiger partial charge in [0.2, 0.25) is 10.0 Å². The summed E-state index contributed by atoms with van der Waals surface area (Å²) in [7, 11) is -1.63. The number of carbonyl (C=O) groups is 1. The largest absolute Gasteiger partial charge is 0.322 e. The predicted octanol–water partition coefficient (Wildman–Crippen LogP) is 1.78. The second kappa shape index (κ2) is 8.05. The van der Waals surface area contributed by atoms with Crippen molar-refractivity contribution in [2.75, 3.05) is 38.5 Å². The number of likely N-dealkylation sites (N-methyl/N-ethyl adjacent to an activating group) is 1. The van der Waals surface area contributed by atoms with Gasteiger partial charge in [0, 0.05) is 49.6 Å². The van der Waals surface area contributed by atoms with Gasteiger partial charge in [-0.1, -0.05) is 6.07 Å². The molecule has 9 nitrogen and oxygen atoms in total. The lowest BCUT2D eigenvalue weighted by atomic mass is 10.2. The molecule has 0 aliphatic carbocycles. The van der Waals surface area contributed by atoms with Crippen LogP contribution in [0.2, 0.25) is 0 Å². The first-order valence-corrected chi connectivity index (χ1v) is 10.1. The Labute approximate surface area is 162 Å². The van der Waals surface area contributed by atoms with E-state index in [-0.39, 0.29) is 16.1 Å². The summed E-state index contributed by atoms with van der Waals surface area (Å²) < 4.78 is 26.9. The van der Waals surface area contributed by atoms with E-state index in [1.807, 2.05) is 7.05 Å². The van der Waals surface area contributed by atoms with Gasteiger partial charge in [0.1, 0.15) is 0 Å². The maximum absolute atomic E-state index is 12.7. The molecule has 0 radical (unpaired) electrons. The van der Waals surface area contributed by atoms with Gasteiger partial charge in [-0.3, -0.25) is 14.9 Å². The van der Waals surface area contributed by atoms with Gasteiger partial charge in [0.05, 0.1) is 9.82 Å². The van der Waals surface area contributed by atoms with Crippen LogP contribution in [0.15, 0.2) is 53.4 Å². The summed E-state index contributed by atoms with van der Waals surface area (Å²) in [6.45, 7) is 2.22. The molecule has 0 bridgehead atoms. The van der Waals surface area contributed by atoms with Crippen LogP contribution in [0.1, 0.15) is 10.4 Å². The Morgan fingerprint density at radius 1 is 1.07 bits per heavy atom. The summed E-state index contributed by atoms with van der Waals surface area (Å²) in [6.07, 6.45) is 0. The van der Waals surface area contributed by atoms with Crippen LogP contribution in [0.25, 0.3) is 0 Å². The smallest absolute Gasteiger partial charge is 0.270 e. The number of piperazine rings is 1. The van der Waals surface area contributed by atoms with Crippen molar-refractivity contribution in [1.29, 1.82) is 0 Å². The predicted molar refractivity (Wildman–Crippen MR) is 104 cm³/mol. The lowest BCUT2D eigenvalue weighted by Crippen LogP contribution is -2.46. The van der Waals surface area contributed by atoms with E-state index in [9.17, 15) is 23.3 Å². The van der Waals surface area contributed by atoms with Crippen molar-refractivity contribution >= 4 is 27.3 Å². The molecule has 1 N–H and O–H groups in total. The molecule has 28 heavy (non-hydrogen) atoms. The van der Waals surface area contributed by atoms with Crippen LogP contribution in [0.4, 0.5) is 11.4 Å². The van der Waals surface area contributed by atoms with E-state index >= 15 is 0 Å². The number of hydrogen-bond acceptors (Lipinski definition) is 6. The summed E-state index contributed by atoms with van der Waals surface area (Å²) in [4.78, 5) is 24.8. The van der Waals surface area contributed by atoms with Crippen molar-refractivity contribution < 1.29 is 18.1 Å². The molecule has 1 aliphatic rings. The fourth-order valence-corrected chi connectivity index (χ4v) is 4.27. The number of rotatable bonds is 5. The van der Waals surface area contributed by atoms with Crippen LogP contribution in [-0.2, 0) is 10.0 Å². The Morgan fingerprint density at radius 3 is 2.32 bits per heavy atom. The molecule has 0 spiro atoms. The Morgan fingerprint density at radius 2 is 1.71 bits per heavy atom. The molecule has 2 aromatic rings. The van der Waals surface area contributed by atoms with Gasteiger partial charge in [-0.05, 0) is 37.4 Å². The third kappa shape index (κ3) is 4.35. The molecule has 1 aliphatic heterocycles. The van der Waals surface area contributed by atoms with Gasteiger partial charge in [0.25, 0.3) is 11.6 Å². The topological polar surface area (TPSA) is 113 Å². The molecule has 1 fully saturated rings. The lowest BCUT2D eigenvalue weighted by Gasteiger charge is -2.31. The first-order valence-electron chi connectivity index (χ1n) is 8.62. The third-order valence-electron chi connectivity index (χ3n) is 4.53. The molecular weight excluding hydrogens is 384 g/mol. The highest BCUT2D eigenvalue weighted by molar-refractivity contribution is 7.89. The van der Waals surface area contributed by atoms with Crippen molar-refractivity contribution in [3.05, 3.63) is 64.2 Å². The number of anilines is 1. The number of hydrogen-bond donors (Lipinski definition) is 1. The van der Waals surface area contributed by atoms with Gasteiger partial charge in [-0.2, -0.15) is 4.31 Å². The molecule has 0 unspecified atom stereocenters. The molecule has 2 aromatic carbocycles. The molecule has 1 amide bonds. The van der Waals surface area contributed by atoms with E-state index in [4.69, 9.17) is 0 Å². The summed E-state index contributed by atoms with van der Waals surface area (Å²) >= 11 is 0. The highest BCUT2D eigenvalue weighted by atomic mass is 32.2. The first kappa shape index (κ1) is 19.9. The number of nitrogens with zero attached hydrogens (tertiary/aromatic N) is 3. The number of non-ortho nitro benzene ring substituents is 1. The summed E-state index contributed by atoms with van der Waals surface area (Å²) in [5.41, 5.74) is 0.360. The van der Waals surface area contributed by atoms with Crippen LogP contribution < -0.4 is 5.32 Å². The Kier molecular flexibility index (Phi) is 5.73. The number of sulfonamides is 1. The standard InChI is InChI=1S/C18H20N4O5S/c1-20-9-11-21(12-10-20)28(26,27)17-7-5-15(6-8-17)19-18(23)14-3-2-4-16(13-14)22(24)25/h2-8,13H,9-12H2,1H3,(H,19,23). The van der Waals surface area contributed by atoms with Crippen molar-refractivity contribution in [2.45, 2.75) is 4.90 Å². The summed E-state index contributed by atoms with van der Waals surface area (Å²) in [6, 6.07) is 11.3. The fraction of sp³-hybridized carbons (Fsp3) is 0.278. The first-order chi connectivity index (χ1) is 13.3. The zero-order valence-corrected chi connectivity index (χ0v) is 16.1. The number of nitrogens with one attached hydrogen (secondary N) is 1. The van der Waals surface area contributed by atoms with E-state index < -0.39 is 20.9 Å². The van der Waals surface area contributed by atoms with Gasteiger partial charge in [-0.25, -0.2) is 8.42 Å². The summed E-state index contributed by atoms with van der Waals surface area (Å²) in [5.74, 6) is -0.515. The molecule has 148 valence electrons. The quantitative estimate of drug-likeness (QED) is 0.600. The lowest BCUT2D eigenvalue weighted by molar-refractivity contribution is -0.384. The molecule has 1 heterocycles. The number of amides is 1. The van der Waals surface area contributed by atoms with Crippen LogP contribution in [0.5, 0.6) is 0 Å². The van der Waals surface area contributed by atoms with Gasteiger partial charge in [0.15, 0.2) is 0 Å². The van der Waals surface area contributed by atoms with E-state index in [1.165, 1.54) is 52.8 Å². The Hall–Kier alpha value is -2.82. The number of carbonyl (C=O) groups excluding carboxylic acids is 1. The normalized spacial score (nSPS) is 15.9. The highest BCUT2D eigenvalue weighted by Gasteiger charge is 2.27. The van der Waals surface area contributed by atoms with Crippen LogP contribution in [-0.4, -0.2) is 61.7 Å². The average molecular weight is 404 g/mol. The zero-order chi connectivity index (χ0) is 20.3. The minimum atomic E-state index is -3.58. The van der Waals surface area contributed by atoms with Crippen molar-refractivity contribution in [3.63, 3.8) is 0 Å².